The summed E-state index contributed by atoms with van der Waals surface area (Å²) >= 11 is 0. The first-order valence-corrected chi connectivity index (χ1v) is 6.46. The van der Waals surface area contributed by atoms with Crippen LogP contribution in [0.1, 0.15) is 39.5 Å². The highest BCUT2D eigenvalue weighted by molar-refractivity contribution is 5.75. The summed E-state index contributed by atoms with van der Waals surface area (Å²) in [7, 11) is 1.41. The molecule has 0 aromatic carbocycles. The van der Waals surface area contributed by atoms with Crippen molar-refractivity contribution in [1.82, 2.24) is 5.32 Å². The van der Waals surface area contributed by atoms with Crippen molar-refractivity contribution in [3.63, 3.8) is 0 Å². The molecular weight excluding hydrogens is 218 g/mol. The van der Waals surface area contributed by atoms with Gasteiger partial charge in [-0.05, 0) is 39.7 Å². The van der Waals surface area contributed by atoms with E-state index < -0.39 is 5.41 Å². The zero-order chi connectivity index (χ0) is 12.7. The number of carbonyl (C=O) groups excluding carboxylic acids is 1. The molecule has 1 aliphatic rings. The van der Waals surface area contributed by atoms with Gasteiger partial charge in [-0.1, -0.05) is 6.42 Å². The van der Waals surface area contributed by atoms with Crippen molar-refractivity contribution in [2.75, 3.05) is 26.9 Å². The second-order valence-electron chi connectivity index (χ2n) is 5.36. The van der Waals surface area contributed by atoms with Crippen LogP contribution < -0.4 is 5.32 Å². The number of methoxy groups -OCH3 is 1. The molecule has 1 rings (SSSR count). The Morgan fingerprint density at radius 1 is 1.41 bits per heavy atom. The molecule has 1 aliphatic heterocycles. The third-order valence-electron chi connectivity index (χ3n) is 3.22. The standard InChI is InChI=1S/C13H25NO3/c1-13(2,12(15)16-3)10-17-9-7-11-6-4-5-8-14-11/h11,14H,4-10H2,1-3H3. The Labute approximate surface area is 104 Å². The second kappa shape index (κ2) is 6.97. The van der Waals surface area contributed by atoms with Crippen LogP contribution in [-0.4, -0.2) is 38.9 Å². The maximum absolute atomic E-state index is 11.4. The predicted molar refractivity (Wildman–Crippen MR) is 66.9 cm³/mol. The number of piperidine rings is 1. The number of hydrogen-bond acceptors (Lipinski definition) is 4. The molecule has 17 heavy (non-hydrogen) atoms. The minimum Gasteiger partial charge on any atom is -0.469 e. The second-order valence-corrected chi connectivity index (χ2v) is 5.36. The first-order chi connectivity index (χ1) is 8.06. The normalized spacial score (nSPS) is 21.2. The van der Waals surface area contributed by atoms with Crippen LogP contribution in [0, 0.1) is 5.41 Å². The lowest BCUT2D eigenvalue weighted by Gasteiger charge is -2.25. The van der Waals surface area contributed by atoms with Crippen LogP contribution in [0.15, 0.2) is 0 Å². The van der Waals surface area contributed by atoms with E-state index in [9.17, 15) is 4.79 Å². The van der Waals surface area contributed by atoms with Crippen LogP contribution in [0.4, 0.5) is 0 Å². The lowest BCUT2D eigenvalue weighted by Crippen LogP contribution is -2.35. The van der Waals surface area contributed by atoms with Crippen molar-refractivity contribution in [2.24, 2.45) is 5.41 Å². The van der Waals surface area contributed by atoms with Gasteiger partial charge in [-0.2, -0.15) is 0 Å². The topological polar surface area (TPSA) is 47.6 Å². The van der Waals surface area contributed by atoms with Crippen LogP contribution in [-0.2, 0) is 14.3 Å². The highest BCUT2D eigenvalue weighted by Gasteiger charge is 2.28. The van der Waals surface area contributed by atoms with Crippen molar-refractivity contribution < 1.29 is 14.3 Å². The summed E-state index contributed by atoms with van der Waals surface area (Å²) in [4.78, 5) is 11.4. The molecule has 1 atom stereocenters. The average molecular weight is 243 g/mol. The Bertz CT molecular complexity index is 235. The Balaban J connectivity index is 2.12. The van der Waals surface area contributed by atoms with Gasteiger partial charge in [-0.3, -0.25) is 4.79 Å². The number of ether oxygens (including phenoxy) is 2. The van der Waals surface area contributed by atoms with Gasteiger partial charge in [0.05, 0.1) is 19.1 Å². The summed E-state index contributed by atoms with van der Waals surface area (Å²) in [5.41, 5.74) is -0.547. The molecular formula is C13H25NO3. The van der Waals surface area contributed by atoms with Crippen molar-refractivity contribution in [3.05, 3.63) is 0 Å². The van der Waals surface area contributed by atoms with Crippen LogP contribution in [0.5, 0.6) is 0 Å². The molecule has 1 fully saturated rings. The van der Waals surface area contributed by atoms with Crippen LogP contribution in [0.3, 0.4) is 0 Å². The molecule has 0 bridgehead atoms. The lowest BCUT2D eigenvalue weighted by atomic mass is 9.95. The Morgan fingerprint density at radius 3 is 2.76 bits per heavy atom. The van der Waals surface area contributed by atoms with Gasteiger partial charge in [-0.15, -0.1) is 0 Å². The summed E-state index contributed by atoms with van der Waals surface area (Å²) in [6.45, 7) is 5.94. The fourth-order valence-electron chi connectivity index (χ4n) is 2.06. The molecule has 0 aromatic heterocycles. The average Bonchev–Trinajstić information content (AvgIpc) is 2.35. The molecule has 1 heterocycles. The molecule has 1 N–H and O–H groups in total. The molecule has 1 saturated heterocycles. The Kier molecular flexibility index (Phi) is 5.92. The number of esters is 1. The first-order valence-electron chi connectivity index (χ1n) is 6.46. The summed E-state index contributed by atoms with van der Waals surface area (Å²) in [6.07, 6.45) is 4.86. The fraction of sp³-hybridized carbons (Fsp3) is 0.923. The molecule has 100 valence electrons. The number of rotatable bonds is 6. The summed E-state index contributed by atoms with van der Waals surface area (Å²) in [6, 6.07) is 0.588. The summed E-state index contributed by atoms with van der Waals surface area (Å²) in [5.74, 6) is -0.215. The van der Waals surface area contributed by atoms with E-state index >= 15 is 0 Å². The van der Waals surface area contributed by atoms with E-state index in [0.717, 1.165) is 13.0 Å². The number of nitrogens with one attached hydrogen (secondary N) is 1. The first kappa shape index (κ1) is 14.5. The summed E-state index contributed by atoms with van der Waals surface area (Å²) < 4.78 is 10.3. The van der Waals surface area contributed by atoms with E-state index in [2.05, 4.69) is 5.32 Å². The zero-order valence-corrected chi connectivity index (χ0v) is 11.3. The van der Waals surface area contributed by atoms with Gasteiger partial charge in [0.1, 0.15) is 0 Å². The van der Waals surface area contributed by atoms with E-state index in [4.69, 9.17) is 9.47 Å². The molecule has 0 amide bonds. The maximum Gasteiger partial charge on any atom is 0.313 e. The third-order valence-corrected chi connectivity index (χ3v) is 3.22. The van der Waals surface area contributed by atoms with E-state index in [1.165, 1.54) is 26.4 Å². The van der Waals surface area contributed by atoms with Crippen LogP contribution in [0.2, 0.25) is 0 Å². The highest BCUT2D eigenvalue weighted by atomic mass is 16.5. The minimum atomic E-state index is -0.547. The molecule has 0 radical (unpaired) electrons. The molecule has 4 nitrogen and oxygen atoms in total. The predicted octanol–water partition coefficient (Wildman–Crippen LogP) is 1.73. The van der Waals surface area contributed by atoms with E-state index in [1.54, 1.807) is 0 Å². The summed E-state index contributed by atoms with van der Waals surface area (Å²) in [5, 5.41) is 3.48. The number of hydrogen-bond donors (Lipinski definition) is 1. The Hall–Kier alpha value is -0.610. The van der Waals surface area contributed by atoms with Gasteiger partial charge in [0, 0.05) is 12.6 Å². The van der Waals surface area contributed by atoms with E-state index in [1.807, 2.05) is 13.8 Å². The maximum atomic E-state index is 11.4. The zero-order valence-electron chi connectivity index (χ0n) is 11.3. The number of carbonyl (C=O) groups is 1. The molecule has 0 spiro atoms. The van der Waals surface area contributed by atoms with Gasteiger partial charge < -0.3 is 14.8 Å². The lowest BCUT2D eigenvalue weighted by molar-refractivity contribution is -0.154. The van der Waals surface area contributed by atoms with E-state index in [-0.39, 0.29) is 5.97 Å². The molecule has 0 saturated carbocycles. The van der Waals surface area contributed by atoms with Crippen LogP contribution >= 0.6 is 0 Å². The molecule has 0 aliphatic carbocycles. The van der Waals surface area contributed by atoms with Gasteiger partial charge in [0.2, 0.25) is 0 Å². The Morgan fingerprint density at radius 2 is 2.18 bits per heavy atom. The molecule has 1 unspecified atom stereocenters. The van der Waals surface area contributed by atoms with Crippen molar-refractivity contribution in [3.8, 4) is 0 Å². The van der Waals surface area contributed by atoms with Gasteiger partial charge in [0.25, 0.3) is 0 Å². The SMILES string of the molecule is COC(=O)C(C)(C)COCCC1CCCCN1. The van der Waals surface area contributed by atoms with Crippen molar-refractivity contribution in [2.45, 2.75) is 45.6 Å². The quantitative estimate of drug-likeness (QED) is 0.570. The fourth-order valence-corrected chi connectivity index (χ4v) is 2.06. The van der Waals surface area contributed by atoms with Gasteiger partial charge in [-0.25, -0.2) is 0 Å². The minimum absolute atomic E-state index is 0.215. The van der Waals surface area contributed by atoms with Crippen LogP contribution in [0.25, 0.3) is 0 Å². The highest BCUT2D eigenvalue weighted by Crippen LogP contribution is 2.18. The molecule has 4 heteroatoms. The van der Waals surface area contributed by atoms with Crippen molar-refractivity contribution in [1.29, 1.82) is 0 Å². The van der Waals surface area contributed by atoms with Gasteiger partial charge in [0.15, 0.2) is 0 Å². The largest absolute Gasteiger partial charge is 0.469 e. The van der Waals surface area contributed by atoms with E-state index in [0.29, 0.717) is 19.3 Å². The third kappa shape index (κ3) is 5.04. The van der Waals surface area contributed by atoms with Crippen molar-refractivity contribution >= 4 is 5.97 Å². The van der Waals surface area contributed by atoms with Gasteiger partial charge >= 0.3 is 5.97 Å². The monoisotopic (exact) mass is 243 g/mol. The smallest absolute Gasteiger partial charge is 0.313 e. The molecule has 0 aromatic rings.